The molecule has 0 fully saturated rings. The number of nitrogens with zero attached hydrogens (tertiary/aromatic N) is 4. The van der Waals surface area contributed by atoms with Crippen molar-refractivity contribution in [3.63, 3.8) is 0 Å². The molecule has 0 amide bonds. The lowest BCUT2D eigenvalue weighted by atomic mass is 10.0. The van der Waals surface area contributed by atoms with Crippen LogP contribution < -0.4 is 10.5 Å². The molecule has 0 aliphatic rings. The zero-order valence-corrected chi connectivity index (χ0v) is 13.1. The third-order valence-electron chi connectivity index (χ3n) is 3.74. The monoisotopic (exact) mass is 307 g/mol. The van der Waals surface area contributed by atoms with Gasteiger partial charge in [-0.2, -0.15) is 14.9 Å². The molecular formula is C17H17N5O. The largest absolute Gasteiger partial charge is 0.496 e. The molecular weight excluding hydrogens is 290 g/mol. The number of rotatable bonds is 4. The molecule has 2 heterocycles. The molecule has 3 rings (SSSR count). The van der Waals surface area contributed by atoms with Gasteiger partial charge in [-0.15, -0.1) is 0 Å². The quantitative estimate of drug-likeness (QED) is 0.800. The second kappa shape index (κ2) is 5.97. The number of nitrogens with two attached hydrogens (primary N) is 1. The number of ether oxygens (including phenoxy) is 1. The average Bonchev–Trinajstić information content (AvgIpc) is 2.94. The van der Waals surface area contributed by atoms with Crippen molar-refractivity contribution in [2.24, 2.45) is 0 Å². The van der Waals surface area contributed by atoms with Gasteiger partial charge in [-0.3, -0.25) is 0 Å². The smallest absolute Gasteiger partial charge is 0.165 e. The van der Waals surface area contributed by atoms with Gasteiger partial charge in [-0.1, -0.05) is 31.5 Å². The van der Waals surface area contributed by atoms with Crippen LogP contribution in [0.5, 0.6) is 5.75 Å². The topological polar surface area (TPSA) is 89.2 Å². The lowest BCUT2D eigenvalue weighted by molar-refractivity contribution is 0.416. The molecule has 3 aromatic rings. The van der Waals surface area contributed by atoms with E-state index in [1.807, 2.05) is 30.3 Å². The van der Waals surface area contributed by atoms with Crippen LogP contribution in [0.1, 0.15) is 24.6 Å². The Morgan fingerprint density at radius 2 is 2.13 bits per heavy atom. The Labute approximate surface area is 134 Å². The first-order valence-corrected chi connectivity index (χ1v) is 7.40. The molecule has 0 saturated heterocycles. The van der Waals surface area contributed by atoms with Crippen molar-refractivity contribution < 1.29 is 4.74 Å². The number of fused-ring (bicyclic) bond motifs is 1. The minimum absolute atomic E-state index is 0.302. The highest BCUT2D eigenvalue weighted by atomic mass is 16.5. The predicted octanol–water partition coefficient (Wildman–Crippen LogP) is 2.81. The Morgan fingerprint density at radius 3 is 2.83 bits per heavy atom. The standard InChI is InChI=1S/C17H17N5O/c1-3-6-13-15(12-7-4-5-8-14(12)23-2)17-20-10-11(9-18)16(19)22(17)21-13/h4-5,7-8,10H,3,6,19H2,1-2H3. The maximum absolute atomic E-state index is 9.13. The van der Waals surface area contributed by atoms with Crippen LogP contribution in [0.15, 0.2) is 30.5 Å². The van der Waals surface area contributed by atoms with Gasteiger partial charge in [0.1, 0.15) is 23.2 Å². The number of hydrogen-bond donors (Lipinski definition) is 1. The summed E-state index contributed by atoms with van der Waals surface area (Å²) in [7, 11) is 1.64. The van der Waals surface area contributed by atoms with Gasteiger partial charge >= 0.3 is 0 Å². The minimum atomic E-state index is 0.302. The number of nitriles is 1. The van der Waals surface area contributed by atoms with Crippen LogP contribution in [0.2, 0.25) is 0 Å². The van der Waals surface area contributed by atoms with E-state index in [2.05, 4.69) is 17.0 Å². The summed E-state index contributed by atoms with van der Waals surface area (Å²) in [4.78, 5) is 4.41. The van der Waals surface area contributed by atoms with Gasteiger partial charge in [-0.05, 0) is 12.5 Å². The SMILES string of the molecule is CCCc1nn2c(N)c(C#N)cnc2c1-c1ccccc1OC. The van der Waals surface area contributed by atoms with Crippen LogP contribution in [0.25, 0.3) is 16.8 Å². The Hall–Kier alpha value is -3.07. The zero-order chi connectivity index (χ0) is 16.4. The van der Waals surface area contributed by atoms with Crippen LogP contribution in [-0.2, 0) is 6.42 Å². The third-order valence-corrected chi connectivity index (χ3v) is 3.74. The molecule has 116 valence electrons. The average molecular weight is 307 g/mol. The third kappa shape index (κ3) is 2.36. The van der Waals surface area contributed by atoms with E-state index in [1.54, 1.807) is 11.6 Å². The van der Waals surface area contributed by atoms with Crippen LogP contribution in [0.3, 0.4) is 0 Å². The van der Waals surface area contributed by atoms with Gasteiger partial charge < -0.3 is 10.5 Å². The van der Waals surface area contributed by atoms with Gasteiger partial charge in [0.05, 0.1) is 24.6 Å². The first kappa shape index (κ1) is 14.9. The number of nitrogen functional groups attached to an aromatic ring is 1. The molecule has 0 radical (unpaired) electrons. The molecule has 0 aliphatic heterocycles. The first-order chi connectivity index (χ1) is 11.2. The van der Waals surface area contributed by atoms with E-state index in [9.17, 15) is 0 Å². The van der Waals surface area contributed by atoms with E-state index in [0.29, 0.717) is 17.0 Å². The number of methoxy groups -OCH3 is 1. The predicted molar refractivity (Wildman–Crippen MR) is 88.1 cm³/mol. The fraction of sp³-hybridized carbons (Fsp3) is 0.235. The fourth-order valence-corrected chi connectivity index (χ4v) is 2.67. The van der Waals surface area contributed by atoms with E-state index in [-0.39, 0.29) is 0 Å². The molecule has 6 heteroatoms. The summed E-state index contributed by atoms with van der Waals surface area (Å²) in [6, 6.07) is 9.79. The van der Waals surface area contributed by atoms with Gasteiger partial charge in [0.2, 0.25) is 0 Å². The Morgan fingerprint density at radius 1 is 1.35 bits per heavy atom. The summed E-state index contributed by atoms with van der Waals surface area (Å²) in [6.45, 7) is 2.09. The summed E-state index contributed by atoms with van der Waals surface area (Å²) < 4.78 is 7.02. The molecule has 23 heavy (non-hydrogen) atoms. The maximum atomic E-state index is 9.13. The Bertz CT molecular complexity index is 907. The summed E-state index contributed by atoms with van der Waals surface area (Å²) in [5.74, 6) is 1.06. The second-order valence-corrected chi connectivity index (χ2v) is 5.18. The molecule has 2 N–H and O–H groups in total. The molecule has 0 atom stereocenters. The summed E-state index contributed by atoms with van der Waals surface area (Å²) in [5, 5.41) is 13.7. The van der Waals surface area contributed by atoms with Crippen LogP contribution in [0.4, 0.5) is 5.82 Å². The number of aryl methyl sites for hydroxylation is 1. The van der Waals surface area contributed by atoms with Crippen molar-refractivity contribution in [2.45, 2.75) is 19.8 Å². The van der Waals surface area contributed by atoms with Crippen molar-refractivity contribution in [3.8, 4) is 22.9 Å². The number of para-hydroxylation sites is 1. The van der Waals surface area contributed by atoms with Crippen LogP contribution in [0, 0.1) is 11.3 Å². The normalized spacial score (nSPS) is 10.7. The maximum Gasteiger partial charge on any atom is 0.165 e. The van der Waals surface area contributed by atoms with Gasteiger partial charge in [0.25, 0.3) is 0 Å². The fourth-order valence-electron chi connectivity index (χ4n) is 2.67. The highest BCUT2D eigenvalue weighted by molar-refractivity contribution is 5.84. The number of aromatic nitrogens is 3. The van der Waals surface area contributed by atoms with Gasteiger partial charge in [0, 0.05) is 5.56 Å². The van der Waals surface area contributed by atoms with Crippen molar-refractivity contribution >= 4 is 11.5 Å². The molecule has 0 bridgehead atoms. The summed E-state index contributed by atoms with van der Waals surface area (Å²) >= 11 is 0. The molecule has 1 aromatic carbocycles. The molecule has 0 aliphatic carbocycles. The lowest BCUT2D eigenvalue weighted by Crippen LogP contribution is -2.03. The molecule has 6 nitrogen and oxygen atoms in total. The second-order valence-electron chi connectivity index (χ2n) is 5.18. The van der Waals surface area contributed by atoms with Crippen molar-refractivity contribution in [1.29, 1.82) is 5.26 Å². The number of anilines is 1. The molecule has 2 aromatic heterocycles. The lowest BCUT2D eigenvalue weighted by Gasteiger charge is -2.08. The summed E-state index contributed by atoms with van der Waals surface area (Å²) in [5.41, 5.74) is 9.73. The van der Waals surface area contributed by atoms with Crippen molar-refractivity contribution in [2.75, 3.05) is 12.8 Å². The van der Waals surface area contributed by atoms with Crippen LogP contribution >= 0.6 is 0 Å². The van der Waals surface area contributed by atoms with E-state index < -0.39 is 0 Å². The van der Waals surface area contributed by atoms with Gasteiger partial charge in [0.15, 0.2) is 5.65 Å². The molecule has 0 unspecified atom stereocenters. The van der Waals surface area contributed by atoms with E-state index in [4.69, 9.17) is 15.7 Å². The van der Waals surface area contributed by atoms with Crippen molar-refractivity contribution in [3.05, 3.63) is 41.7 Å². The number of hydrogen-bond acceptors (Lipinski definition) is 5. The van der Waals surface area contributed by atoms with Crippen LogP contribution in [-0.4, -0.2) is 21.7 Å². The minimum Gasteiger partial charge on any atom is -0.496 e. The summed E-state index contributed by atoms with van der Waals surface area (Å²) in [6.07, 6.45) is 3.22. The van der Waals surface area contributed by atoms with E-state index in [1.165, 1.54) is 6.20 Å². The Balaban J connectivity index is 2.37. The molecule has 0 saturated carbocycles. The van der Waals surface area contributed by atoms with E-state index >= 15 is 0 Å². The Kier molecular flexibility index (Phi) is 3.85. The highest BCUT2D eigenvalue weighted by Gasteiger charge is 2.20. The van der Waals surface area contributed by atoms with Gasteiger partial charge in [-0.25, -0.2) is 4.98 Å². The van der Waals surface area contributed by atoms with E-state index in [0.717, 1.165) is 35.4 Å². The number of benzene rings is 1. The van der Waals surface area contributed by atoms with Crippen molar-refractivity contribution in [1.82, 2.24) is 14.6 Å². The highest BCUT2D eigenvalue weighted by Crippen LogP contribution is 2.35. The first-order valence-electron chi connectivity index (χ1n) is 7.40. The zero-order valence-electron chi connectivity index (χ0n) is 13.1. The molecule has 0 spiro atoms.